The van der Waals surface area contributed by atoms with Crippen LogP contribution in [0, 0.1) is 5.41 Å². The van der Waals surface area contributed by atoms with Gasteiger partial charge in [-0.2, -0.15) is 0 Å². The molecule has 0 amide bonds. The summed E-state index contributed by atoms with van der Waals surface area (Å²) in [7, 11) is 0. The first-order chi connectivity index (χ1) is 8.58. The fraction of sp³-hybridized carbons (Fsp3) is 0.750. The maximum absolute atomic E-state index is 12.0. The molecule has 0 aromatic heterocycles. The molecule has 0 unspecified atom stereocenters. The normalized spacial score (nSPS) is 10.8. The van der Waals surface area contributed by atoms with Crippen molar-refractivity contribution in [3.8, 4) is 0 Å². The van der Waals surface area contributed by atoms with Crippen LogP contribution in [0.1, 0.15) is 33.1 Å². The number of halogens is 1. The Hall–Kier alpha value is -0.910. The molecule has 0 heterocycles. The van der Waals surface area contributed by atoms with E-state index in [0.717, 1.165) is 0 Å². The highest BCUT2D eigenvalue weighted by Crippen LogP contribution is 2.32. The standard InChI is InChI=1S/C12H19BrO5/c1-3-17-10(15)12(7-8-13,6-5-9-14)11(16)18-4-2/h9H,3-8H2,1-2H3. The van der Waals surface area contributed by atoms with Crippen LogP contribution in [0.25, 0.3) is 0 Å². The number of ether oxygens (including phenoxy) is 2. The zero-order chi connectivity index (χ0) is 14.0. The summed E-state index contributed by atoms with van der Waals surface area (Å²) in [5.41, 5.74) is -1.38. The minimum atomic E-state index is -1.38. The lowest BCUT2D eigenvalue weighted by Crippen LogP contribution is -2.42. The van der Waals surface area contributed by atoms with Crippen LogP contribution in [-0.2, 0) is 23.9 Å². The third-order valence-electron chi connectivity index (χ3n) is 2.54. The molecule has 0 radical (unpaired) electrons. The van der Waals surface area contributed by atoms with Gasteiger partial charge in [-0.3, -0.25) is 9.59 Å². The Labute approximate surface area is 115 Å². The Bertz CT molecular complexity index is 272. The molecule has 0 saturated carbocycles. The fourth-order valence-electron chi connectivity index (χ4n) is 1.62. The molecule has 0 aliphatic carbocycles. The second-order valence-electron chi connectivity index (χ2n) is 3.67. The molecule has 0 saturated heterocycles. The number of rotatable bonds is 9. The Kier molecular flexibility index (Phi) is 8.62. The lowest BCUT2D eigenvalue weighted by Gasteiger charge is -2.27. The highest BCUT2D eigenvalue weighted by Gasteiger charge is 2.47. The Morgan fingerprint density at radius 3 is 1.94 bits per heavy atom. The van der Waals surface area contributed by atoms with Crippen LogP contribution in [0.4, 0.5) is 0 Å². The van der Waals surface area contributed by atoms with Crippen LogP contribution in [0.15, 0.2) is 0 Å². The van der Waals surface area contributed by atoms with Crippen LogP contribution in [0.3, 0.4) is 0 Å². The van der Waals surface area contributed by atoms with Crippen LogP contribution in [0.2, 0.25) is 0 Å². The van der Waals surface area contributed by atoms with Crippen LogP contribution < -0.4 is 0 Å². The van der Waals surface area contributed by atoms with Gasteiger partial charge in [0.05, 0.1) is 13.2 Å². The molecule has 0 rings (SSSR count). The molecule has 104 valence electrons. The largest absolute Gasteiger partial charge is 0.465 e. The van der Waals surface area contributed by atoms with E-state index in [1.54, 1.807) is 13.8 Å². The second kappa shape index (κ2) is 9.08. The number of alkyl halides is 1. The van der Waals surface area contributed by atoms with Gasteiger partial charge in [-0.05, 0) is 26.7 Å². The van der Waals surface area contributed by atoms with E-state index in [-0.39, 0.29) is 32.5 Å². The number of hydrogen-bond acceptors (Lipinski definition) is 5. The lowest BCUT2D eigenvalue weighted by atomic mass is 9.80. The van der Waals surface area contributed by atoms with Crippen molar-refractivity contribution in [1.29, 1.82) is 0 Å². The van der Waals surface area contributed by atoms with E-state index in [0.29, 0.717) is 11.6 Å². The molecule has 0 aliphatic rings. The summed E-state index contributed by atoms with van der Waals surface area (Å²) in [6, 6.07) is 0. The van der Waals surface area contributed by atoms with E-state index in [2.05, 4.69) is 15.9 Å². The van der Waals surface area contributed by atoms with E-state index in [9.17, 15) is 14.4 Å². The average molecular weight is 323 g/mol. The molecule has 0 aromatic carbocycles. The van der Waals surface area contributed by atoms with Crippen molar-refractivity contribution in [2.75, 3.05) is 18.5 Å². The average Bonchev–Trinajstić information content (AvgIpc) is 2.35. The summed E-state index contributed by atoms with van der Waals surface area (Å²) in [6.07, 6.45) is 1.16. The van der Waals surface area contributed by atoms with Crippen LogP contribution in [0.5, 0.6) is 0 Å². The zero-order valence-electron chi connectivity index (χ0n) is 10.7. The molecule has 5 nitrogen and oxygen atoms in total. The highest BCUT2D eigenvalue weighted by molar-refractivity contribution is 9.09. The number of carbonyl (C=O) groups excluding carboxylic acids is 3. The third kappa shape index (κ3) is 4.40. The first kappa shape index (κ1) is 17.1. The number of hydrogen-bond donors (Lipinski definition) is 0. The van der Waals surface area contributed by atoms with E-state index >= 15 is 0 Å². The Morgan fingerprint density at radius 2 is 1.61 bits per heavy atom. The molecule has 6 heteroatoms. The monoisotopic (exact) mass is 322 g/mol. The van der Waals surface area contributed by atoms with Gasteiger partial charge in [0, 0.05) is 11.8 Å². The summed E-state index contributed by atoms with van der Waals surface area (Å²) in [4.78, 5) is 34.5. The minimum Gasteiger partial charge on any atom is -0.465 e. The van der Waals surface area contributed by atoms with Gasteiger partial charge in [-0.1, -0.05) is 15.9 Å². The minimum absolute atomic E-state index is 0.111. The topological polar surface area (TPSA) is 69.7 Å². The van der Waals surface area contributed by atoms with Gasteiger partial charge in [0.1, 0.15) is 6.29 Å². The molecule has 0 aromatic rings. The highest BCUT2D eigenvalue weighted by atomic mass is 79.9. The molecule has 0 bridgehead atoms. The summed E-state index contributed by atoms with van der Waals surface area (Å²) >= 11 is 3.21. The maximum Gasteiger partial charge on any atom is 0.323 e. The quantitative estimate of drug-likeness (QED) is 0.280. The summed E-state index contributed by atoms with van der Waals surface area (Å²) in [6.45, 7) is 3.70. The molecule has 0 spiro atoms. The van der Waals surface area contributed by atoms with Crippen molar-refractivity contribution in [3.63, 3.8) is 0 Å². The first-order valence-corrected chi connectivity index (χ1v) is 7.05. The first-order valence-electron chi connectivity index (χ1n) is 5.93. The lowest BCUT2D eigenvalue weighted by molar-refractivity contribution is -0.173. The molecule has 0 aliphatic heterocycles. The second-order valence-corrected chi connectivity index (χ2v) is 4.46. The molecular weight excluding hydrogens is 304 g/mol. The number of esters is 2. The van der Waals surface area contributed by atoms with Gasteiger partial charge in [-0.25, -0.2) is 0 Å². The Morgan fingerprint density at radius 1 is 1.11 bits per heavy atom. The predicted octanol–water partition coefficient (Wildman–Crippen LogP) is 1.86. The van der Waals surface area contributed by atoms with Crippen LogP contribution >= 0.6 is 15.9 Å². The van der Waals surface area contributed by atoms with Gasteiger partial charge >= 0.3 is 11.9 Å². The predicted molar refractivity (Wildman–Crippen MR) is 69.4 cm³/mol. The van der Waals surface area contributed by atoms with Gasteiger partial charge < -0.3 is 14.3 Å². The number of carbonyl (C=O) groups is 3. The van der Waals surface area contributed by atoms with Crippen molar-refractivity contribution < 1.29 is 23.9 Å². The molecule has 0 atom stereocenters. The van der Waals surface area contributed by atoms with Crippen molar-refractivity contribution in [3.05, 3.63) is 0 Å². The molecule has 0 fully saturated rings. The number of aldehydes is 1. The fourth-order valence-corrected chi connectivity index (χ4v) is 2.30. The summed E-state index contributed by atoms with van der Waals surface area (Å²) in [5.74, 6) is -1.24. The van der Waals surface area contributed by atoms with E-state index in [4.69, 9.17) is 9.47 Å². The van der Waals surface area contributed by atoms with Crippen molar-refractivity contribution in [2.24, 2.45) is 5.41 Å². The van der Waals surface area contributed by atoms with Gasteiger partial charge in [-0.15, -0.1) is 0 Å². The van der Waals surface area contributed by atoms with E-state index in [1.807, 2.05) is 0 Å². The summed E-state index contributed by atoms with van der Waals surface area (Å²) in [5, 5.41) is 0.448. The van der Waals surface area contributed by atoms with Gasteiger partial charge in [0.25, 0.3) is 0 Å². The smallest absolute Gasteiger partial charge is 0.323 e. The summed E-state index contributed by atoms with van der Waals surface area (Å²) < 4.78 is 9.90. The van der Waals surface area contributed by atoms with Crippen molar-refractivity contribution in [1.82, 2.24) is 0 Å². The maximum atomic E-state index is 12.0. The Balaban J connectivity index is 5.17. The molecule has 18 heavy (non-hydrogen) atoms. The zero-order valence-corrected chi connectivity index (χ0v) is 12.3. The molecular formula is C12H19BrO5. The SMILES string of the molecule is CCOC(=O)C(CCBr)(CCC=O)C(=O)OCC. The van der Waals surface area contributed by atoms with Gasteiger partial charge in [0.15, 0.2) is 5.41 Å². The van der Waals surface area contributed by atoms with Crippen molar-refractivity contribution in [2.45, 2.75) is 33.1 Å². The van der Waals surface area contributed by atoms with E-state index < -0.39 is 17.4 Å². The molecule has 0 N–H and O–H groups in total. The van der Waals surface area contributed by atoms with E-state index in [1.165, 1.54) is 0 Å². The van der Waals surface area contributed by atoms with Crippen LogP contribution in [-0.4, -0.2) is 36.8 Å². The third-order valence-corrected chi connectivity index (χ3v) is 2.94. The van der Waals surface area contributed by atoms with Crippen molar-refractivity contribution >= 4 is 34.2 Å². The van der Waals surface area contributed by atoms with Gasteiger partial charge in [0.2, 0.25) is 0 Å².